The van der Waals surface area contributed by atoms with Crippen molar-refractivity contribution >= 4 is 111 Å². The number of sulfonamides is 2. The van der Waals surface area contributed by atoms with Crippen molar-refractivity contribution in [3.63, 3.8) is 0 Å². The van der Waals surface area contributed by atoms with Gasteiger partial charge in [0.1, 0.15) is 9.79 Å². The maximum absolute atomic E-state index is 12.8. The number of nitrogens with one attached hydrogen (secondary N) is 4. The summed E-state index contributed by atoms with van der Waals surface area (Å²) in [5.74, 6) is -0.753. The zero-order chi connectivity index (χ0) is 52.4. The third-order valence-electron chi connectivity index (χ3n) is 9.71. The van der Waals surface area contributed by atoms with Crippen LogP contribution >= 0.6 is 0 Å². The molecule has 72 heavy (non-hydrogen) atoms. The van der Waals surface area contributed by atoms with Crippen molar-refractivity contribution in [2.75, 3.05) is 83.7 Å². The lowest BCUT2D eigenvalue weighted by Crippen LogP contribution is -2.31. The summed E-state index contributed by atoms with van der Waals surface area (Å²) in [6.45, 7) is -1.56. The molecule has 384 valence electrons. The van der Waals surface area contributed by atoms with Gasteiger partial charge in [0, 0.05) is 48.9 Å². The maximum Gasteiger partial charge on any atom is 0.295 e. The Hall–Kier alpha value is -7.08. The van der Waals surface area contributed by atoms with E-state index in [4.69, 9.17) is 10.3 Å². The molecular weight excluding hydrogens is 1030 g/mol. The summed E-state index contributed by atoms with van der Waals surface area (Å²) in [6, 6.07) is 17.7. The number of aliphatic hydroxyl groups excluding tert-OH is 4. The molecule has 0 aliphatic carbocycles. The quantitative estimate of drug-likeness (QED) is 0.0291. The lowest BCUT2D eigenvalue weighted by molar-refractivity contribution is 0.279. The molecule has 14 N–H and O–H groups in total. The minimum atomic E-state index is -5.01. The van der Waals surface area contributed by atoms with Gasteiger partial charge in [-0.15, -0.1) is 0 Å². The lowest BCUT2D eigenvalue weighted by Gasteiger charge is -2.21. The highest BCUT2D eigenvalue weighted by atomic mass is 32.2. The van der Waals surface area contributed by atoms with E-state index >= 15 is 0 Å². The number of hydrogen-bond acceptors (Lipinski definition) is 24. The third kappa shape index (κ3) is 14.7. The maximum atomic E-state index is 12.8. The van der Waals surface area contributed by atoms with Crippen molar-refractivity contribution < 1.29 is 63.2 Å². The molecule has 2 heterocycles. The highest BCUT2D eigenvalue weighted by molar-refractivity contribution is 7.89. The smallest absolute Gasteiger partial charge is 0.295 e. The molecule has 28 nitrogen and oxygen atoms in total. The van der Waals surface area contributed by atoms with Crippen LogP contribution in [0.3, 0.4) is 0 Å². The number of rotatable bonds is 24. The van der Waals surface area contributed by atoms with Gasteiger partial charge in [-0.05, 0) is 83.9 Å². The van der Waals surface area contributed by atoms with E-state index in [1.54, 1.807) is 0 Å². The number of benzene rings is 4. The van der Waals surface area contributed by atoms with Crippen molar-refractivity contribution in [1.82, 2.24) is 29.9 Å². The molecule has 0 unspecified atom stereocenters. The summed E-state index contributed by atoms with van der Waals surface area (Å²) < 4.78 is 119. The Kier molecular flexibility index (Phi) is 17.3. The zero-order valence-corrected chi connectivity index (χ0v) is 40.5. The minimum absolute atomic E-state index is 0.000871. The fraction of sp³-hybridized carbons (Fsp3) is 0.200. The highest BCUT2D eigenvalue weighted by Gasteiger charge is 2.21. The molecule has 0 saturated heterocycles. The fourth-order valence-electron chi connectivity index (χ4n) is 6.44. The summed E-state index contributed by atoms with van der Waals surface area (Å²) in [4.78, 5) is 27.1. The Bertz CT molecular complexity index is 3160. The first-order valence-electron chi connectivity index (χ1n) is 20.7. The molecule has 0 aliphatic heterocycles. The molecular formula is C40H46N14O14S4. The van der Waals surface area contributed by atoms with E-state index in [-0.39, 0.29) is 121 Å². The van der Waals surface area contributed by atoms with E-state index < -0.39 is 50.1 Å². The van der Waals surface area contributed by atoms with Crippen LogP contribution in [0.4, 0.5) is 58.4 Å². The molecule has 0 aliphatic rings. The van der Waals surface area contributed by atoms with Gasteiger partial charge in [-0.2, -0.15) is 46.7 Å². The number of aliphatic hydroxyl groups is 4. The SMILES string of the molecule is NS(=O)(=O)c1ccc(Nc2nc(Nc3ccc(C=Cc4ccc(Nc5nc(Nc6ccc(S(N)(=O)=O)cc6)nc(N(CCO)CCO)n5)cc4S(=O)(=O)O)c(S(=O)(=O)O)c3)nc(N(CCO)CCO)n2)cc1. The van der Waals surface area contributed by atoms with Gasteiger partial charge in [0.25, 0.3) is 20.2 Å². The highest BCUT2D eigenvalue weighted by Crippen LogP contribution is 2.30. The molecule has 6 aromatic rings. The zero-order valence-electron chi connectivity index (χ0n) is 37.2. The van der Waals surface area contributed by atoms with Crippen LogP contribution in [-0.2, 0) is 40.3 Å². The van der Waals surface area contributed by atoms with Crippen molar-refractivity contribution in [3.05, 3.63) is 96.1 Å². The normalized spacial score (nSPS) is 12.2. The van der Waals surface area contributed by atoms with E-state index in [0.29, 0.717) is 11.4 Å². The van der Waals surface area contributed by atoms with Crippen LogP contribution in [0.15, 0.2) is 105 Å². The van der Waals surface area contributed by atoms with E-state index in [2.05, 4.69) is 51.2 Å². The van der Waals surface area contributed by atoms with E-state index in [9.17, 15) is 63.2 Å². The van der Waals surface area contributed by atoms with Crippen LogP contribution in [0.2, 0.25) is 0 Å². The van der Waals surface area contributed by atoms with E-state index in [1.165, 1.54) is 82.6 Å². The lowest BCUT2D eigenvalue weighted by atomic mass is 10.1. The Morgan fingerprint density at radius 3 is 0.972 bits per heavy atom. The van der Waals surface area contributed by atoms with Crippen LogP contribution < -0.4 is 41.3 Å². The van der Waals surface area contributed by atoms with Crippen molar-refractivity contribution in [1.29, 1.82) is 0 Å². The van der Waals surface area contributed by atoms with Crippen LogP contribution in [0, 0.1) is 0 Å². The van der Waals surface area contributed by atoms with E-state index in [1.807, 2.05) is 0 Å². The Morgan fingerprint density at radius 2 is 0.708 bits per heavy atom. The van der Waals surface area contributed by atoms with Gasteiger partial charge in [0.05, 0.1) is 36.2 Å². The van der Waals surface area contributed by atoms with Gasteiger partial charge in [0.2, 0.25) is 55.7 Å². The second-order valence-corrected chi connectivity index (χ2v) is 20.8. The number of nitrogens with two attached hydrogens (primary N) is 2. The van der Waals surface area contributed by atoms with Gasteiger partial charge in [-0.25, -0.2) is 27.1 Å². The molecule has 0 atom stereocenters. The fourth-order valence-corrected chi connectivity index (χ4v) is 8.89. The van der Waals surface area contributed by atoms with Gasteiger partial charge in [0.15, 0.2) is 0 Å². The molecule has 0 amide bonds. The molecule has 4 aromatic carbocycles. The second kappa shape index (κ2) is 23.0. The topological polar surface area (TPSA) is 442 Å². The number of aromatic nitrogens is 6. The molecule has 0 bridgehead atoms. The summed E-state index contributed by atoms with van der Waals surface area (Å²) in [7, 11) is -18.0. The largest absolute Gasteiger partial charge is 0.395 e. The minimum Gasteiger partial charge on any atom is -0.395 e. The summed E-state index contributed by atoms with van der Waals surface area (Å²) in [6.07, 6.45) is 2.30. The Balaban J connectivity index is 1.31. The molecule has 2 aromatic heterocycles. The molecule has 0 saturated carbocycles. The van der Waals surface area contributed by atoms with Crippen LogP contribution in [-0.4, -0.2) is 146 Å². The predicted octanol–water partition coefficient (Wildman–Crippen LogP) is 0.572. The number of primary sulfonamides is 2. The first kappa shape index (κ1) is 54.3. The molecule has 0 spiro atoms. The van der Waals surface area contributed by atoms with Crippen LogP contribution in [0.25, 0.3) is 12.2 Å². The summed E-state index contributed by atoms with van der Waals surface area (Å²) in [5, 5.41) is 60.4. The predicted molar refractivity (Wildman–Crippen MR) is 263 cm³/mol. The third-order valence-corrected chi connectivity index (χ3v) is 13.4. The van der Waals surface area contributed by atoms with Crippen molar-refractivity contribution in [2.45, 2.75) is 19.6 Å². The van der Waals surface area contributed by atoms with Crippen LogP contribution in [0.1, 0.15) is 11.1 Å². The molecule has 32 heteroatoms. The molecule has 6 rings (SSSR count). The van der Waals surface area contributed by atoms with E-state index in [0.717, 1.165) is 24.3 Å². The average Bonchev–Trinajstić information content (AvgIpc) is 3.30. The second-order valence-electron chi connectivity index (χ2n) is 14.9. The standard InChI is InChI=1S/C40H46N14O14S4/c41-69(59,60)31-11-7-27(8-12-31)43-35-47-37(51-39(49-35)53(15-19-55)16-20-56)45-29-5-3-25(33(23-29)71(63,64)65)1-2-26-4-6-30(24-34(26)72(66,67)68)46-38-48-36(50-40(52-38)54(17-21-57)18-22-58)44-28-9-13-32(14-10-28)70(42,61)62/h1-14,23-24,55-58H,15-22H2,(H2,41,59,60)(H2,42,61,62)(H,63,64,65)(H,66,67,68)(H2,43,45,47,49,51)(H2,44,46,48,50,52). The summed E-state index contributed by atoms with van der Waals surface area (Å²) in [5.41, 5.74) is 0.313. The summed E-state index contributed by atoms with van der Waals surface area (Å²) >= 11 is 0. The van der Waals surface area contributed by atoms with Gasteiger partial charge in [-0.1, -0.05) is 24.3 Å². The molecule has 0 fully saturated rings. The number of anilines is 10. The molecule has 0 radical (unpaired) electrons. The number of hydrogen-bond donors (Lipinski definition) is 12. The number of nitrogens with zero attached hydrogens (tertiary/aromatic N) is 8. The average molecular weight is 1080 g/mol. The Labute approximate surface area is 411 Å². The van der Waals surface area contributed by atoms with Crippen molar-refractivity contribution in [3.8, 4) is 0 Å². The van der Waals surface area contributed by atoms with Gasteiger partial charge in [-0.3, -0.25) is 9.11 Å². The monoisotopic (exact) mass is 1070 g/mol. The van der Waals surface area contributed by atoms with Gasteiger partial charge >= 0.3 is 0 Å². The van der Waals surface area contributed by atoms with Crippen molar-refractivity contribution in [2.24, 2.45) is 10.3 Å². The van der Waals surface area contributed by atoms with Gasteiger partial charge < -0.3 is 51.5 Å². The Morgan fingerprint density at radius 1 is 0.431 bits per heavy atom. The van der Waals surface area contributed by atoms with Crippen LogP contribution in [0.5, 0.6) is 0 Å². The first-order valence-corrected chi connectivity index (χ1v) is 26.6. The first-order chi connectivity index (χ1) is 34.0.